The summed E-state index contributed by atoms with van der Waals surface area (Å²) in [7, 11) is -3.50. The number of nitrogens with one attached hydrogen (secondary N) is 1. The van der Waals surface area contributed by atoms with Crippen LogP contribution in [0.4, 0.5) is 0 Å². The zero-order valence-electron chi connectivity index (χ0n) is 7.98. The zero-order valence-corrected chi connectivity index (χ0v) is 9.55. The summed E-state index contributed by atoms with van der Waals surface area (Å²) in [6.45, 7) is -0.210. The Hall–Kier alpha value is -0.620. The summed E-state index contributed by atoms with van der Waals surface area (Å²) in [5, 5.41) is 8.51. The number of sulfonamides is 1. The molecule has 0 aromatic heterocycles. The number of benzene rings is 1. The molecule has 0 aliphatic carbocycles. The highest BCUT2D eigenvalue weighted by atomic mass is 35.5. The molecule has 0 radical (unpaired) electrons. The second kappa shape index (κ2) is 5.46. The van der Waals surface area contributed by atoms with Crippen molar-refractivity contribution in [3.63, 3.8) is 0 Å². The van der Waals surface area contributed by atoms with Crippen LogP contribution in [0, 0.1) is 0 Å². The molecular formula is C9H12ClNO3S. The highest BCUT2D eigenvalue weighted by Gasteiger charge is 2.12. The molecule has 0 unspecified atom stereocenters. The molecule has 0 saturated carbocycles. The summed E-state index contributed by atoms with van der Waals surface area (Å²) < 4.78 is 25.3. The fourth-order valence-electron chi connectivity index (χ4n) is 1.02. The topological polar surface area (TPSA) is 66.4 Å². The maximum Gasteiger partial charge on any atom is 0.240 e. The fourth-order valence-corrected chi connectivity index (χ4v) is 2.22. The highest BCUT2D eigenvalue weighted by Crippen LogP contribution is 2.11. The van der Waals surface area contributed by atoms with Crippen LogP contribution in [0.25, 0.3) is 0 Å². The van der Waals surface area contributed by atoms with E-state index in [0.717, 1.165) is 5.56 Å². The van der Waals surface area contributed by atoms with E-state index in [1.807, 2.05) is 0 Å². The molecule has 0 aliphatic rings. The lowest BCUT2D eigenvalue weighted by Gasteiger charge is -2.05. The standard InChI is InChI=1S/C9H12ClNO3S/c10-7-8-1-3-9(4-2-8)15(13,14)11-5-6-12/h1-4,11-12H,5-7H2. The first-order valence-electron chi connectivity index (χ1n) is 4.35. The van der Waals surface area contributed by atoms with Crippen molar-refractivity contribution in [2.24, 2.45) is 0 Å². The first kappa shape index (κ1) is 12.4. The number of aliphatic hydroxyl groups is 1. The lowest BCUT2D eigenvalue weighted by molar-refractivity contribution is 0.301. The Bertz CT molecular complexity index is 402. The number of rotatable bonds is 5. The van der Waals surface area contributed by atoms with Crippen molar-refractivity contribution in [2.75, 3.05) is 13.2 Å². The molecular weight excluding hydrogens is 238 g/mol. The molecule has 0 fully saturated rings. The van der Waals surface area contributed by atoms with Crippen LogP contribution in [0.5, 0.6) is 0 Å². The van der Waals surface area contributed by atoms with E-state index in [1.54, 1.807) is 12.1 Å². The van der Waals surface area contributed by atoms with Crippen LogP contribution in [0.1, 0.15) is 5.56 Å². The molecule has 4 nitrogen and oxygen atoms in total. The van der Waals surface area contributed by atoms with Crippen molar-refractivity contribution in [1.82, 2.24) is 4.72 Å². The SMILES string of the molecule is O=S(=O)(NCCO)c1ccc(CCl)cc1. The smallest absolute Gasteiger partial charge is 0.240 e. The zero-order chi connectivity index (χ0) is 11.3. The van der Waals surface area contributed by atoms with Gasteiger partial charge in [-0.15, -0.1) is 11.6 Å². The van der Waals surface area contributed by atoms with Gasteiger partial charge in [-0.2, -0.15) is 0 Å². The first-order chi connectivity index (χ1) is 7.10. The third kappa shape index (κ3) is 3.46. The number of hydrogen-bond donors (Lipinski definition) is 2. The van der Waals surface area contributed by atoms with Gasteiger partial charge in [0, 0.05) is 12.4 Å². The summed E-state index contributed by atoms with van der Waals surface area (Å²) in [4.78, 5) is 0.171. The van der Waals surface area contributed by atoms with E-state index >= 15 is 0 Å². The van der Waals surface area contributed by atoms with E-state index in [0.29, 0.717) is 5.88 Å². The van der Waals surface area contributed by atoms with Crippen LogP contribution in [0.2, 0.25) is 0 Å². The molecule has 1 aromatic rings. The molecule has 1 rings (SSSR count). The maximum atomic E-state index is 11.5. The molecule has 0 bridgehead atoms. The van der Waals surface area contributed by atoms with Gasteiger partial charge in [-0.05, 0) is 17.7 Å². The van der Waals surface area contributed by atoms with Crippen LogP contribution in [0.15, 0.2) is 29.2 Å². The van der Waals surface area contributed by atoms with Gasteiger partial charge in [-0.3, -0.25) is 0 Å². The van der Waals surface area contributed by atoms with Crippen molar-refractivity contribution < 1.29 is 13.5 Å². The fraction of sp³-hybridized carbons (Fsp3) is 0.333. The van der Waals surface area contributed by atoms with E-state index in [1.165, 1.54) is 12.1 Å². The Labute approximate surface area is 93.9 Å². The molecule has 0 aliphatic heterocycles. The Morgan fingerprint density at radius 1 is 1.27 bits per heavy atom. The minimum atomic E-state index is -3.50. The summed E-state index contributed by atoms with van der Waals surface area (Å²) >= 11 is 5.58. The number of hydrogen-bond acceptors (Lipinski definition) is 3. The first-order valence-corrected chi connectivity index (χ1v) is 6.37. The summed E-state index contributed by atoms with van der Waals surface area (Å²) in [6.07, 6.45) is 0. The van der Waals surface area contributed by atoms with Crippen molar-refractivity contribution in [2.45, 2.75) is 10.8 Å². The van der Waals surface area contributed by atoms with Crippen molar-refractivity contribution >= 4 is 21.6 Å². The lowest BCUT2D eigenvalue weighted by atomic mass is 10.2. The van der Waals surface area contributed by atoms with Crippen LogP contribution in [0.3, 0.4) is 0 Å². The van der Waals surface area contributed by atoms with Crippen molar-refractivity contribution in [1.29, 1.82) is 0 Å². The van der Waals surface area contributed by atoms with Gasteiger partial charge in [0.15, 0.2) is 0 Å². The summed E-state index contributed by atoms with van der Waals surface area (Å²) in [5.41, 5.74) is 0.859. The van der Waals surface area contributed by atoms with E-state index in [-0.39, 0.29) is 18.0 Å². The largest absolute Gasteiger partial charge is 0.395 e. The second-order valence-electron chi connectivity index (χ2n) is 2.90. The molecule has 15 heavy (non-hydrogen) atoms. The molecule has 0 spiro atoms. The monoisotopic (exact) mass is 249 g/mol. The quantitative estimate of drug-likeness (QED) is 0.755. The van der Waals surface area contributed by atoms with Gasteiger partial charge in [-0.25, -0.2) is 13.1 Å². The van der Waals surface area contributed by atoms with E-state index < -0.39 is 10.0 Å². The van der Waals surface area contributed by atoms with Gasteiger partial charge in [0.05, 0.1) is 11.5 Å². The number of alkyl halides is 1. The van der Waals surface area contributed by atoms with Gasteiger partial charge < -0.3 is 5.11 Å². The van der Waals surface area contributed by atoms with Gasteiger partial charge in [-0.1, -0.05) is 12.1 Å². The average molecular weight is 250 g/mol. The third-order valence-electron chi connectivity index (χ3n) is 1.79. The maximum absolute atomic E-state index is 11.5. The Morgan fingerprint density at radius 3 is 2.33 bits per heavy atom. The predicted octanol–water partition coefficient (Wildman–Crippen LogP) is 0.696. The van der Waals surface area contributed by atoms with Crippen molar-refractivity contribution in [3.8, 4) is 0 Å². The average Bonchev–Trinajstić information content (AvgIpc) is 2.26. The highest BCUT2D eigenvalue weighted by molar-refractivity contribution is 7.89. The lowest BCUT2D eigenvalue weighted by Crippen LogP contribution is -2.26. The molecule has 0 amide bonds. The van der Waals surface area contributed by atoms with Crippen LogP contribution in [-0.2, 0) is 15.9 Å². The molecule has 6 heteroatoms. The number of aliphatic hydroxyl groups excluding tert-OH is 1. The van der Waals surface area contributed by atoms with Crippen LogP contribution < -0.4 is 4.72 Å². The van der Waals surface area contributed by atoms with Crippen LogP contribution in [-0.4, -0.2) is 26.7 Å². The normalized spacial score (nSPS) is 11.6. The Kier molecular flexibility index (Phi) is 4.53. The van der Waals surface area contributed by atoms with Crippen molar-refractivity contribution in [3.05, 3.63) is 29.8 Å². The molecule has 84 valence electrons. The second-order valence-corrected chi connectivity index (χ2v) is 4.93. The minimum Gasteiger partial charge on any atom is -0.395 e. The van der Waals surface area contributed by atoms with Crippen LogP contribution >= 0.6 is 11.6 Å². The van der Waals surface area contributed by atoms with E-state index in [9.17, 15) is 8.42 Å². The molecule has 0 saturated heterocycles. The van der Waals surface area contributed by atoms with Gasteiger partial charge in [0.2, 0.25) is 10.0 Å². The summed E-state index contributed by atoms with van der Waals surface area (Å²) in [5.74, 6) is 0.352. The Morgan fingerprint density at radius 2 is 1.87 bits per heavy atom. The Balaban J connectivity index is 2.86. The van der Waals surface area contributed by atoms with Gasteiger partial charge >= 0.3 is 0 Å². The molecule has 2 N–H and O–H groups in total. The van der Waals surface area contributed by atoms with Gasteiger partial charge in [0.25, 0.3) is 0 Å². The summed E-state index contributed by atoms with van der Waals surface area (Å²) in [6, 6.07) is 6.27. The van der Waals surface area contributed by atoms with Gasteiger partial charge in [0.1, 0.15) is 0 Å². The third-order valence-corrected chi connectivity index (χ3v) is 3.58. The number of halogens is 1. The predicted molar refractivity (Wildman–Crippen MR) is 58.3 cm³/mol. The van der Waals surface area contributed by atoms with E-state index in [4.69, 9.17) is 16.7 Å². The van der Waals surface area contributed by atoms with E-state index in [2.05, 4.69) is 4.72 Å². The molecule has 0 atom stereocenters. The molecule has 0 heterocycles. The molecule has 1 aromatic carbocycles. The minimum absolute atomic E-state index is 0.0135.